The molecule has 1 aromatic heterocycles. The maximum absolute atomic E-state index is 12.5. The number of nitrogens with one attached hydrogen (secondary N) is 1. The van der Waals surface area contributed by atoms with E-state index in [9.17, 15) is 4.79 Å². The Morgan fingerprint density at radius 1 is 1.26 bits per heavy atom. The molecule has 1 saturated carbocycles. The van der Waals surface area contributed by atoms with Gasteiger partial charge in [0, 0.05) is 18.7 Å². The first kappa shape index (κ1) is 14.2. The van der Waals surface area contributed by atoms with Crippen molar-refractivity contribution in [2.24, 2.45) is 5.41 Å². The van der Waals surface area contributed by atoms with E-state index in [1.54, 1.807) is 0 Å². The third kappa shape index (κ3) is 2.81. The standard InChI is InChI=1S/C17H20N4O2/c1-12(15(22)21-10-9-17(11-21)7-8-17)18-16-20-19-14(23-16)13-5-3-2-4-6-13/h2-6,12H,7-11H2,1H3,(H,18,20)/t12-/m0/s1. The van der Waals surface area contributed by atoms with Gasteiger partial charge in [0.2, 0.25) is 11.8 Å². The van der Waals surface area contributed by atoms with Gasteiger partial charge in [0.1, 0.15) is 6.04 Å². The molecule has 1 aliphatic heterocycles. The maximum Gasteiger partial charge on any atom is 0.316 e. The minimum atomic E-state index is -0.368. The third-order valence-corrected chi connectivity index (χ3v) is 4.86. The van der Waals surface area contributed by atoms with Crippen LogP contribution in [0.15, 0.2) is 34.7 Å². The quantitative estimate of drug-likeness (QED) is 0.939. The number of carbonyl (C=O) groups is 1. The van der Waals surface area contributed by atoms with Crippen molar-refractivity contribution in [1.82, 2.24) is 15.1 Å². The van der Waals surface area contributed by atoms with Gasteiger partial charge in [0.25, 0.3) is 0 Å². The van der Waals surface area contributed by atoms with Crippen LogP contribution in [-0.4, -0.2) is 40.1 Å². The van der Waals surface area contributed by atoms with Gasteiger partial charge in [-0.3, -0.25) is 4.79 Å². The molecule has 2 fully saturated rings. The second-order valence-electron chi connectivity index (χ2n) is 6.65. The van der Waals surface area contributed by atoms with Crippen molar-refractivity contribution in [3.05, 3.63) is 30.3 Å². The van der Waals surface area contributed by atoms with Gasteiger partial charge in [-0.1, -0.05) is 23.3 Å². The van der Waals surface area contributed by atoms with Gasteiger partial charge in [-0.15, -0.1) is 5.10 Å². The molecule has 23 heavy (non-hydrogen) atoms. The molecule has 2 aliphatic rings. The summed E-state index contributed by atoms with van der Waals surface area (Å²) in [4.78, 5) is 14.5. The summed E-state index contributed by atoms with van der Waals surface area (Å²) in [5.41, 5.74) is 1.31. The Hall–Kier alpha value is -2.37. The minimum Gasteiger partial charge on any atom is -0.403 e. The summed E-state index contributed by atoms with van der Waals surface area (Å²) in [5, 5.41) is 11.0. The van der Waals surface area contributed by atoms with Crippen LogP contribution in [0.5, 0.6) is 0 Å². The predicted octanol–water partition coefficient (Wildman–Crippen LogP) is 2.55. The zero-order valence-electron chi connectivity index (χ0n) is 13.2. The molecule has 120 valence electrons. The highest BCUT2D eigenvalue weighted by molar-refractivity contribution is 5.84. The van der Waals surface area contributed by atoms with E-state index in [1.807, 2.05) is 42.2 Å². The topological polar surface area (TPSA) is 71.3 Å². The molecule has 2 heterocycles. The minimum absolute atomic E-state index is 0.105. The summed E-state index contributed by atoms with van der Waals surface area (Å²) < 4.78 is 5.60. The van der Waals surface area contributed by atoms with E-state index in [2.05, 4.69) is 15.5 Å². The number of hydrogen-bond donors (Lipinski definition) is 1. The maximum atomic E-state index is 12.5. The largest absolute Gasteiger partial charge is 0.403 e. The van der Waals surface area contributed by atoms with E-state index in [0.717, 1.165) is 25.1 Å². The number of likely N-dealkylation sites (tertiary alicyclic amines) is 1. The number of anilines is 1. The molecule has 1 atom stereocenters. The van der Waals surface area contributed by atoms with Gasteiger partial charge in [0.15, 0.2) is 0 Å². The molecule has 1 aromatic carbocycles. The van der Waals surface area contributed by atoms with E-state index >= 15 is 0 Å². The summed E-state index contributed by atoms with van der Waals surface area (Å²) in [6.45, 7) is 3.60. The molecule has 1 N–H and O–H groups in total. The zero-order chi connectivity index (χ0) is 15.9. The molecule has 6 nitrogen and oxygen atoms in total. The molecule has 4 rings (SSSR count). The van der Waals surface area contributed by atoms with E-state index in [-0.39, 0.29) is 18.0 Å². The summed E-state index contributed by atoms with van der Waals surface area (Å²) in [6.07, 6.45) is 3.68. The second-order valence-corrected chi connectivity index (χ2v) is 6.65. The monoisotopic (exact) mass is 312 g/mol. The summed E-state index contributed by atoms with van der Waals surface area (Å²) in [5.74, 6) is 0.555. The van der Waals surface area contributed by atoms with Crippen LogP contribution in [0.3, 0.4) is 0 Å². The van der Waals surface area contributed by atoms with Crippen LogP contribution in [0.1, 0.15) is 26.2 Å². The van der Waals surface area contributed by atoms with Crippen molar-refractivity contribution >= 4 is 11.9 Å². The van der Waals surface area contributed by atoms with Crippen LogP contribution in [-0.2, 0) is 4.79 Å². The molecule has 0 radical (unpaired) electrons. The van der Waals surface area contributed by atoms with Crippen molar-refractivity contribution in [3.63, 3.8) is 0 Å². The number of rotatable bonds is 4. The molecule has 1 amide bonds. The SMILES string of the molecule is C[C@H](Nc1nnc(-c2ccccc2)o1)C(=O)N1CCC2(CC2)C1. The first-order valence-electron chi connectivity index (χ1n) is 8.10. The lowest BCUT2D eigenvalue weighted by molar-refractivity contribution is -0.130. The highest BCUT2D eigenvalue weighted by Gasteiger charge is 2.49. The highest BCUT2D eigenvalue weighted by Crippen LogP contribution is 2.52. The van der Waals surface area contributed by atoms with Gasteiger partial charge in [-0.2, -0.15) is 0 Å². The fourth-order valence-electron chi connectivity index (χ4n) is 3.21. The first-order chi connectivity index (χ1) is 11.2. The second kappa shape index (κ2) is 5.37. The number of nitrogens with zero attached hydrogens (tertiary/aromatic N) is 3. The van der Waals surface area contributed by atoms with Crippen LogP contribution < -0.4 is 5.32 Å². The molecule has 1 spiro atoms. The van der Waals surface area contributed by atoms with Gasteiger partial charge < -0.3 is 14.6 Å². The van der Waals surface area contributed by atoms with Gasteiger partial charge in [-0.25, -0.2) is 0 Å². The molecule has 2 aromatic rings. The molecule has 0 bridgehead atoms. The van der Waals surface area contributed by atoms with Crippen LogP contribution in [0.2, 0.25) is 0 Å². The van der Waals surface area contributed by atoms with E-state index in [0.29, 0.717) is 11.3 Å². The number of benzene rings is 1. The van der Waals surface area contributed by atoms with Gasteiger partial charge >= 0.3 is 6.01 Å². The van der Waals surface area contributed by atoms with Crippen LogP contribution in [0.25, 0.3) is 11.5 Å². The Kier molecular flexibility index (Phi) is 3.32. The number of hydrogen-bond acceptors (Lipinski definition) is 5. The third-order valence-electron chi connectivity index (χ3n) is 4.86. The predicted molar refractivity (Wildman–Crippen MR) is 85.7 cm³/mol. The fraction of sp³-hybridized carbons (Fsp3) is 0.471. The Morgan fingerprint density at radius 3 is 2.74 bits per heavy atom. The van der Waals surface area contributed by atoms with Crippen molar-refractivity contribution in [1.29, 1.82) is 0 Å². The van der Waals surface area contributed by atoms with Crippen LogP contribution >= 0.6 is 0 Å². The lowest BCUT2D eigenvalue weighted by Gasteiger charge is -2.21. The van der Waals surface area contributed by atoms with E-state index < -0.39 is 0 Å². The molecule has 1 saturated heterocycles. The van der Waals surface area contributed by atoms with Crippen molar-refractivity contribution in [2.45, 2.75) is 32.2 Å². The lowest BCUT2D eigenvalue weighted by atomic mass is 10.1. The number of aromatic nitrogens is 2. The van der Waals surface area contributed by atoms with Crippen molar-refractivity contribution in [3.8, 4) is 11.5 Å². The number of carbonyl (C=O) groups excluding carboxylic acids is 1. The Morgan fingerprint density at radius 2 is 2.04 bits per heavy atom. The van der Waals surface area contributed by atoms with Crippen molar-refractivity contribution < 1.29 is 9.21 Å². The highest BCUT2D eigenvalue weighted by atomic mass is 16.4. The molecule has 0 unspecified atom stereocenters. The Labute approximate surface area is 134 Å². The van der Waals surface area contributed by atoms with Gasteiger partial charge in [0.05, 0.1) is 0 Å². The lowest BCUT2D eigenvalue weighted by Crippen LogP contribution is -2.40. The summed E-state index contributed by atoms with van der Waals surface area (Å²) >= 11 is 0. The number of amides is 1. The van der Waals surface area contributed by atoms with Gasteiger partial charge in [-0.05, 0) is 43.7 Å². The van der Waals surface area contributed by atoms with Crippen LogP contribution in [0.4, 0.5) is 6.01 Å². The van der Waals surface area contributed by atoms with E-state index in [4.69, 9.17) is 4.42 Å². The van der Waals surface area contributed by atoms with E-state index in [1.165, 1.54) is 12.8 Å². The summed E-state index contributed by atoms with van der Waals surface area (Å²) in [6, 6.07) is 9.50. The Balaban J connectivity index is 1.40. The zero-order valence-corrected chi connectivity index (χ0v) is 13.2. The van der Waals surface area contributed by atoms with Crippen molar-refractivity contribution in [2.75, 3.05) is 18.4 Å². The normalized spacial score (nSPS) is 19.8. The fourth-order valence-corrected chi connectivity index (χ4v) is 3.21. The molecule has 1 aliphatic carbocycles. The molecular formula is C17H20N4O2. The Bertz CT molecular complexity index is 708. The molecular weight excluding hydrogens is 292 g/mol. The van der Waals surface area contributed by atoms with Crippen LogP contribution in [0, 0.1) is 5.41 Å². The molecule has 6 heteroatoms. The average Bonchev–Trinajstić information content (AvgIpc) is 2.97. The smallest absolute Gasteiger partial charge is 0.316 e. The average molecular weight is 312 g/mol. The summed E-state index contributed by atoms with van der Waals surface area (Å²) in [7, 11) is 0. The first-order valence-corrected chi connectivity index (χ1v) is 8.10.